The summed E-state index contributed by atoms with van der Waals surface area (Å²) in [4.78, 5) is 10.3. The van der Waals surface area contributed by atoms with Gasteiger partial charge in [0.15, 0.2) is 11.1 Å². The van der Waals surface area contributed by atoms with Crippen LogP contribution in [0.2, 0.25) is 0 Å². The zero-order valence-corrected chi connectivity index (χ0v) is 10.7. The molecular weight excluding hydrogens is 220 g/mol. The zero-order chi connectivity index (χ0) is 9.56. The predicted octanol–water partition coefficient (Wildman–Crippen LogP) is 0.237. The molecule has 2 atom stereocenters. The van der Waals surface area contributed by atoms with Crippen molar-refractivity contribution in [2.45, 2.75) is 31.6 Å². The third kappa shape index (κ3) is 8.96. The summed E-state index contributed by atoms with van der Waals surface area (Å²) in [7, 11) is 0. The van der Waals surface area contributed by atoms with E-state index in [1.807, 2.05) is 6.92 Å². The van der Waals surface area contributed by atoms with E-state index in [9.17, 15) is 9.00 Å². The molecule has 0 fully saturated rings. The summed E-state index contributed by atoms with van der Waals surface area (Å²) in [6.45, 7) is 1.96. The van der Waals surface area contributed by atoms with Gasteiger partial charge in [0.1, 0.15) is 5.37 Å². The van der Waals surface area contributed by atoms with E-state index in [0.29, 0.717) is 6.42 Å². The molecule has 7 heteroatoms. The molecule has 0 aliphatic rings. The summed E-state index contributed by atoms with van der Waals surface area (Å²) in [5, 5.41) is 1.47. The zero-order valence-electron chi connectivity index (χ0n) is 9.66. The molecule has 2 amide bonds. The van der Waals surface area contributed by atoms with Crippen LogP contribution in [0.3, 0.4) is 0 Å². The van der Waals surface area contributed by atoms with E-state index in [1.165, 1.54) is 0 Å². The van der Waals surface area contributed by atoms with Gasteiger partial charge in [-0.05, 0) is 6.42 Å². The number of carbonyl (C=O) groups is 1. The van der Waals surface area contributed by atoms with Gasteiger partial charge >= 0.3 is 43.8 Å². The first kappa shape index (κ1) is 16.1. The van der Waals surface area contributed by atoms with E-state index in [4.69, 9.17) is 10.3 Å². The minimum Gasteiger partial charge on any atom is -1.00 e. The Morgan fingerprint density at radius 2 is 2.31 bits per heavy atom. The maximum atomic E-state index is 10.6. The first-order chi connectivity index (χ1) is 5.57. The van der Waals surface area contributed by atoms with Crippen LogP contribution >= 0.6 is 0 Å². The molecular formula is C6H16CaN2O3S. The third-order valence-electron chi connectivity index (χ3n) is 1.37. The number of nitrogens with two attached hydrogens (primary N) is 1. The molecule has 13 heavy (non-hydrogen) atoms. The number of primary amides is 1. The van der Waals surface area contributed by atoms with Crippen LogP contribution in [0.25, 0.3) is 0 Å². The number of unbranched alkanes of at least 4 members (excludes halogenated alkanes) is 1. The van der Waals surface area contributed by atoms with Gasteiger partial charge in [0.25, 0.3) is 0 Å². The van der Waals surface area contributed by atoms with Gasteiger partial charge in [0.05, 0.1) is 0 Å². The van der Waals surface area contributed by atoms with Crippen molar-refractivity contribution in [2.24, 2.45) is 5.73 Å². The van der Waals surface area contributed by atoms with Gasteiger partial charge in [0, 0.05) is 0 Å². The Hall–Kier alpha value is 0.640. The van der Waals surface area contributed by atoms with Gasteiger partial charge in [-0.2, -0.15) is 0 Å². The van der Waals surface area contributed by atoms with Gasteiger partial charge < -0.3 is 18.5 Å². The summed E-state index contributed by atoms with van der Waals surface area (Å²) in [5.41, 5.74) is 4.81. The van der Waals surface area contributed by atoms with Gasteiger partial charge in [-0.25, -0.2) is 9.00 Å². The van der Waals surface area contributed by atoms with Crippen molar-refractivity contribution in [1.82, 2.24) is 5.32 Å². The Labute approximate surface area is 113 Å². The molecule has 0 radical (unpaired) electrons. The van der Waals surface area contributed by atoms with Crippen LogP contribution in [0.1, 0.15) is 29.0 Å². The summed E-state index contributed by atoms with van der Waals surface area (Å²) in [6, 6.07) is -0.765. The number of carbonyl (C=O) groups excluding carboxylic acids is 1. The van der Waals surface area contributed by atoms with E-state index >= 15 is 0 Å². The van der Waals surface area contributed by atoms with Crippen molar-refractivity contribution >= 4 is 54.8 Å². The molecule has 0 aliphatic heterocycles. The minimum absolute atomic E-state index is 0. The molecule has 2 unspecified atom stereocenters. The topological polar surface area (TPSA) is 92.4 Å². The van der Waals surface area contributed by atoms with Gasteiger partial charge in [-0.3, -0.25) is 0 Å². The van der Waals surface area contributed by atoms with Crippen molar-refractivity contribution in [2.75, 3.05) is 0 Å². The largest absolute Gasteiger partial charge is 2.00 e. The van der Waals surface area contributed by atoms with Crippen LogP contribution in [0, 0.1) is 0 Å². The maximum absolute atomic E-state index is 10.6. The van der Waals surface area contributed by atoms with Crippen LogP contribution in [0.5, 0.6) is 0 Å². The fourth-order valence-corrected chi connectivity index (χ4v) is 1.36. The first-order valence-electron chi connectivity index (χ1n) is 3.73. The van der Waals surface area contributed by atoms with E-state index in [2.05, 4.69) is 5.32 Å². The molecule has 0 aliphatic carbocycles. The second-order valence-electron chi connectivity index (χ2n) is 2.42. The molecule has 76 valence electrons. The number of urea groups is 1. The maximum Gasteiger partial charge on any atom is 2.00 e. The average Bonchev–Trinajstić information content (AvgIpc) is 1.96. The van der Waals surface area contributed by atoms with E-state index in [-0.39, 0.29) is 40.6 Å². The van der Waals surface area contributed by atoms with Crippen LogP contribution in [0.15, 0.2) is 0 Å². The average molecular weight is 236 g/mol. The Morgan fingerprint density at radius 3 is 2.62 bits per heavy atom. The molecule has 0 aromatic carbocycles. The SMILES string of the molecule is CCCCC(NC(N)=O)S(=O)O.[Ca+2].[H-].[H-]. The summed E-state index contributed by atoms with van der Waals surface area (Å²) in [6.07, 6.45) is 2.17. The molecule has 0 aromatic rings. The third-order valence-corrected chi connectivity index (χ3v) is 2.21. The quantitative estimate of drug-likeness (QED) is 0.471. The number of nitrogens with one attached hydrogen (secondary N) is 1. The van der Waals surface area contributed by atoms with Crippen LogP contribution in [-0.4, -0.2) is 57.9 Å². The number of hydrogen-bond acceptors (Lipinski definition) is 2. The molecule has 0 saturated heterocycles. The second-order valence-corrected chi connectivity index (χ2v) is 3.54. The van der Waals surface area contributed by atoms with E-state index < -0.39 is 22.5 Å². The van der Waals surface area contributed by atoms with Crippen molar-refractivity contribution in [1.29, 1.82) is 0 Å². The molecule has 0 heterocycles. The Balaban J connectivity index is -0.000000202. The fraction of sp³-hybridized carbons (Fsp3) is 0.833. The second kappa shape index (κ2) is 9.20. The molecule has 0 bridgehead atoms. The van der Waals surface area contributed by atoms with Gasteiger partial charge in [-0.15, -0.1) is 0 Å². The number of amides is 2. The Morgan fingerprint density at radius 1 is 1.77 bits per heavy atom. The molecule has 0 saturated carbocycles. The minimum atomic E-state index is -2.04. The molecule has 0 rings (SSSR count). The predicted molar refractivity (Wildman–Crippen MR) is 54.8 cm³/mol. The summed E-state index contributed by atoms with van der Waals surface area (Å²) in [5.74, 6) is 0. The molecule has 0 aromatic heterocycles. The Bertz CT molecular complexity index is 188. The fourth-order valence-electron chi connectivity index (χ4n) is 0.772. The molecule has 0 spiro atoms. The number of hydrogen-bond donors (Lipinski definition) is 3. The summed E-state index contributed by atoms with van der Waals surface area (Å²) < 4.78 is 19.3. The van der Waals surface area contributed by atoms with Crippen molar-refractivity contribution in [3.05, 3.63) is 0 Å². The van der Waals surface area contributed by atoms with Crippen LogP contribution in [0.4, 0.5) is 4.79 Å². The standard InChI is InChI=1S/C6H14N2O3S.Ca.2H/c1-2-3-4-5(12(10)11)8-6(7)9;;;/h5H,2-4H2,1H3,(H,10,11)(H3,7,8,9);;;/q;+2;2*-1. The summed E-state index contributed by atoms with van der Waals surface area (Å²) >= 11 is -2.04. The van der Waals surface area contributed by atoms with Crippen LogP contribution in [-0.2, 0) is 11.1 Å². The Kier molecular flexibility index (Phi) is 11.4. The van der Waals surface area contributed by atoms with Crippen molar-refractivity contribution < 1.29 is 16.4 Å². The number of rotatable bonds is 5. The van der Waals surface area contributed by atoms with Gasteiger partial charge in [-0.1, -0.05) is 19.8 Å². The van der Waals surface area contributed by atoms with Gasteiger partial charge in [0.2, 0.25) is 0 Å². The molecule has 4 N–H and O–H groups in total. The monoisotopic (exact) mass is 236 g/mol. The van der Waals surface area contributed by atoms with Crippen molar-refractivity contribution in [3.8, 4) is 0 Å². The molecule has 5 nitrogen and oxygen atoms in total. The normalized spacial score (nSPS) is 14.0. The smallest absolute Gasteiger partial charge is 1.00 e. The van der Waals surface area contributed by atoms with Crippen LogP contribution < -0.4 is 11.1 Å². The van der Waals surface area contributed by atoms with E-state index in [0.717, 1.165) is 12.8 Å². The van der Waals surface area contributed by atoms with E-state index in [1.54, 1.807) is 0 Å². The van der Waals surface area contributed by atoms with Crippen molar-refractivity contribution in [3.63, 3.8) is 0 Å². The first-order valence-corrected chi connectivity index (χ1v) is 4.90.